The molecule has 4 aromatic rings. The summed E-state index contributed by atoms with van der Waals surface area (Å²) in [6.07, 6.45) is 5.15. The quantitative estimate of drug-likeness (QED) is 0.407. The number of rotatable bonds is 5. The highest BCUT2D eigenvalue weighted by Gasteiger charge is 2.08. The maximum Gasteiger partial charge on any atom is 0.255 e. The highest BCUT2D eigenvalue weighted by atomic mass is 127. The van der Waals surface area contributed by atoms with Crippen LogP contribution < -0.4 is 10.1 Å². The van der Waals surface area contributed by atoms with Gasteiger partial charge in [-0.15, -0.1) is 0 Å². The van der Waals surface area contributed by atoms with E-state index in [1.807, 2.05) is 18.2 Å². The molecule has 0 spiro atoms. The molecule has 7 nitrogen and oxygen atoms in total. The Kier molecular flexibility index (Phi) is 5.52. The van der Waals surface area contributed by atoms with E-state index >= 15 is 0 Å². The van der Waals surface area contributed by atoms with E-state index in [1.165, 1.54) is 0 Å². The van der Waals surface area contributed by atoms with Gasteiger partial charge in [-0.25, -0.2) is 9.97 Å². The average molecular weight is 497 g/mol. The molecule has 0 radical (unpaired) electrons. The summed E-state index contributed by atoms with van der Waals surface area (Å²) in [5.41, 5.74) is 1.29. The summed E-state index contributed by atoms with van der Waals surface area (Å²) in [5.74, 6) is 2.14. The Bertz CT molecular complexity index is 1140. The summed E-state index contributed by atoms with van der Waals surface area (Å²) in [7, 11) is 0. The van der Waals surface area contributed by atoms with Gasteiger partial charge in [-0.3, -0.25) is 9.36 Å². The maximum absolute atomic E-state index is 12.4. The lowest BCUT2D eigenvalue weighted by Crippen LogP contribution is -2.11. The van der Waals surface area contributed by atoms with Gasteiger partial charge in [0, 0.05) is 33.3 Å². The number of halogens is 1. The van der Waals surface area contributed by atoms with Crippen molar-refractivity contribution in [3.05, 3.63) is 88.3 Å². The van der Waals surface area contributed by atoms with Gasteiger partial charge in [-0.2, -0.15) is 4.98 Å². The van der Waals surface area contributed by atoms with E-state index in [0.29, 0.717) is 34.5 Å². The zero-order valence-electron chi connectivity index (χ0n) is 15.4. The van der Waals surface area contributed by atoms with Crippen LogP contribution in [0, 0.1) is 10.5 Å². The van der Waals surface area contributed by atoms with E-state index in [9.17, 15) is 4.79 Å². The summed E-state index contributed by atoms with van der Waals surface area (Å²) in [4.78, 5) is 25.1. The van der Waals surface area contributed by atoms with Crippen molar-refractivity contribution in [2.45, 2.75) is 6.92 Å². The van der Waals surface area contributed by atoms with Crippen LogP contribution in [0.2, 0.25) is 0 Å². The van der Waals surface area contributed by atoms with E-state index in [-0.39, 0.29) is 5.91 Å². The molecule has 2 aromatic carbocycles. The molecule has 0 unspecified atom stereocenters. The van der Waals surface area contributed by atoms with Crippen LogP contribution in [0.15, 0.2) is 73.3 Å². The smallest absolute Gasteiger partial charge is 0.255 e. The van der Waals surface area contributed by atoms with Crippen molar-refractivity contribution in [2.75, 3.05) is 5.32 Å². The molecule has 2 heterocycles. The first kappa shape index (κ1) is 19.1. The number of amides is 1. The fraction of sp³-hybridized carbons (Fsp3) is 0.0476. The first-order chi connectivity index (χ1) is 14.1. The number of benzene rings is 2. The Balaban J connectivity index is 1.47. The van der Waals surface area contributed by atoms with Crippen LogP contribution in [0.25, 0.3) is 5.82 Å². The predicted octanol–water partition coefficient (Wildman–Crippen LogP) is 4.62. The molecule has 0 fully saturated rings. The van der Waals surface area contributed by atoms with Crippen LogP contribution in [0.5, 0.6) is 11.6 Å². The Morgan fingerprint density at radius 1 is 1.10 bits per heavy atom. The second kappa shape index (κ2) is 8.39. The molecule has 0 aliphatic heterocycles. The summed E-state index contributed by atoms with van der Waals surface area (Å²) in [5, 5.41) is 2.88. The van der Waals surface area contributed by atoms with Crippen molar-refractivity contribution in [3.8, 4) is 17.4 Å². The lowest BCUT2D eigenvalue weighted by atomic mass is 10.2. The molecule has 2 aromatic heterocycles. The third-order valence-corrected chi connectivity index (χ3v) is 4.66. The molecule has 0 aliphatic carbocycles. The summed E-state index contributed by atoms with van der Waals surface area (Å²) in [6, 6.07) is 16.3. The molecule has 8 heteroatoms. The molecular weight excluding hydrogens is 481 g/mol. The molecule has 0 saturated heterocycles. The van der Waals surface area contributed by atoms with Crippen molar-refractivity contribution in [2.24, 2.45) is 0 Å². The van der Waals surface area contributed by atoms with Gasteiger partial charge in [0.25, 0.3) is 5.91 Å². The van der Waals surface area contributed by atoms with Gasteiger partial charge in [0.15, 0.2) is 0 Å². The molecule has 1 N–H and O–H groups in total. The lowest BCUT2D eigenvalue weighted by Gasteiger charge is -2.09. The van der Waals surface area contributed by atoms with Gasteiger partial charge < -0.3 is 10.1 Å². The van der Waals surface area contributed by atoms with Crippen LogP contribution in [-0.4, -0.2) is 25.4 Å². The second-order valence-corrected chi connectivity index (χ2v) is 7.42. The zero-order chi connectivity index (χ0) is 20.2. The largest absolute Gasteiger partial charge is 0.439 e. The minimum Gasteiger partial charge on any atom is -0.439 e. The lowest BCUT2D eigenvalue weighted by molar-refractivity contribution is 0.102. The normalized spacial score (nSPS) is 10.6. The number of imidazole rings is 1. The number of nitrogens with zero attached hydrogens (tertiary/aromatic N) is 4. The fourth-order valence-corrected chi connectivity index (χ4v) is 3.21. The molecule has 0 atom stereocenters. The highest BCUT2D eigenvalue weighted by Crippen LogP contribution is 2.23. The number of aromatic nitrogens is 4. The summed E-state index contributed by atoms with van der Waals surface area (Å²) in [6.45, 7) is 1.80. The molecule has 4 rings (SSSR count). The third kappa shape index (κ3) is 4.77. The van der Waals surface area contributed by atoms with Crippen molar-refractivity contribution >= 4 is 34.2 Å². The number of carbonyl (C=O) groups excluding carboxylic acids is 1. The summed E-state index contributed by atoms with van der Waals surface area (Å²) >= 11 is 2.18. The third-order valence-electron chi connectivity index (χ3n) is 3.99. The van der Waals surface area contributed by atoms with Crippen molar-refractivity contribution < 1.29 is 9.53 Å². The molecule has 0 saturated carbocycles. The maximum atomic E-state index is 12.4. The fourth-order valence-electron chi connectivity index (χ4n) is 2.66. The van der Waals surface area contributed by atoms with E-state index in [2.05, 4.69) is 42.9 Å². The molecular formula is C21H16IN5O2. The monoisotopic (exact) mass is 497 g/mol. The van der Waals surface area contributed by atoms with Crippen LogP contribution in [-0.2, 0) is 0 Å². The number of nitrogens with one attached hydrogen (secondary N) is 1. The first-order valence-electron chi connectivity index (χ1n) is 8.76. The van der Waals surface area contributed by atoms with E-state index < -0.39 is 0 Å². The number of hydrogen-bond acceptors (Lipinski definition) is 5. The minimum atomic E-state index is -0.159. The van der Waals surface area contributed by atoms with E-state index in [4.69, 9.17) is 4.74 Å². The van der Waals surface area contributed by atoms with Gasteiger partial charge in [-0.1, -0.05) is 6.07 Å². The standard InChI is InChI=1S/C21H16IN5O2/c1-14-24-19(27-10-9-23-13-27)12-20(25-14)29-18-7-5-17(6-8-18)26-21(28)15-3-2-4-16(22)11-15/h2-13H,1H3,(H,26,28). The van der Waals surface area contributed by atoms with Crippen LogP contribution >= 0.6 is 22.6 Å². The number of carbonyl (C=O) groups is 1. The Morgan fingerprint density at radius 3 is 2.66 bits per heavy atom. The number of ether oxygens (including phenoxy) is 1. The molecule has 0 bridgehead atoms. The van der Waals surface area contributed by atoms with Gasteiger partial charge in [-0.05, 0) is 72.0 Å². The van der Waals surface area contributed by atoms with Crippen LogP contribution in [0.1, 0.15) is 16.2 Å². The van der Waals surface area contributed by atoms with Crippen molar-refractivity contribution in [3.63, 3.8) is 0 Å². The highest BCUT2D eigenvalue weighted by molar-refractivity contribution is 14.1. The minimum absolute atomic E-state index is 0.159. The number of anilines is 1. The summed E-state index contributed by atoms with van der Waals surface area (Å²) < 4.78 is 8.65. The van der Waals surface area contributed by atoms with Crippen LogP contribution in [0.4, 0.5) is 5.69 Å². The van der Waals surface area contributed by atoms with Crippen molar-refractivity contribution in [1.82, 2.24) is 19.5 Å². The van der Waals surface area contributed by atoms with Gasteiger partial charge in [0.05, 0.1) is 0 Å². The van der Waals surface area contributed by atoms with E-state index in [0.717, 1.165) is 3.57 Å². The Labute approximate surface area is 180 Å². The second-order valence-electron chi connectivity index (χ2n) is 6.17. The van der Waals surface area contributed by atoms with Gasteiger partial charge >= 0.3 is 0 Å². The molecule has 1 amide bonds. The zero-order valence-corrected chi connectivity index (χ0v) is 17.6. The molecule has 29 heavy (non-hydrogen) atoms. The van der Waals surface area contributed by atoms with Crippen LogP contribution in [0.3, 0.4) is 0 Å². The average Bonchev–Trinajstić information content (AvgIpc) is 3.24. The predicted molar refractivity (Wildman–Crippen MR) is 118 cm³/mol. The number of aryl methyl sites for hydroxylation is 1. The Hall–Kier alpha value is -3.27. The van der Waals surface area contributed by atoms with Crippen molar-refractivity contribution in [1.29, 1.82) is 0 Å². The Morgan fingerprint density at radius 2 is 1.93 bits per heavy atom. The SMILES string of the molecule is Cc1nc(Oc2ccc(NC(=O)c3cccc(I)c3)cc2)cc(-n2ccnc2)n1. The number of hydrogen-bond donors (Lipinski definition) is 1. The molecule has 0 aliphatic rings. The van der Waals surface area contributed by atoms with E-state index in [1.54, 1.807) is 66.6 Å². The first-order valence-corrected chi connectivity index (χ1v) is 9.83. The van der Waals surface area contributed by atoms with Gasteiger partial charge in [0.1, 0.15) is 23.7 Å². The molecule has 144 valence electrons. The van der Waals surface area contributed by atoms with Gasteiger partial charge in [0.2, 0.25) is 5.88 Å². The topological polar surface area (TPSA) is 81.9 Å².